The number of hydrogen-bond donors (Lipinski definition) is 1. The van der Waals surface area contributed by atoms with E-state index in [1.54, 1.807) is 13.1 Å². The minimum Gasteiger partial charge on any atom is -0.487 e. The molecule has 2 aromatic rings. The van der Waals surface area contributed by atoms with Gasteiger partial charge in [0.2, 0.25) is 5.91 Å². The number of ether oxygens (including phenoxy) is 1. The highest BCUT2D eigenvalue weighted by molar-refractivity contribution is 5.75. The molecule has 1 atom stereocenters. The lowest BCUT2D eigenvalue weighted by Gasteiger charge is -2.13. The quantitative estimate of drug-likeness (QED) is 0.944. The Morgan fingerprint density at radius 2 is 2.32 bits per heavy atom. The van der Waals surface area contributed by atoms with E-state index in [9.17, 15) is 9.18 Å². The summed E-state index contributed by atoms with van der Waals surface area (Å²) in [5.41, 5.74) is 2.15. The van der Waals surface area contributed by atoms with E-state index in [4.69, 9.17) is 4.74 Å². The van der Waals surface area contributed by atoms with Crippen LogP contribution < -0.4 is 10.1 Å². The van der Waals surface area contributed by atoms with Crippen LogP contribution in [0.15, 0.2) is 36.5 Å². The number of amides is 1. The number of pyridine rings is 1. The molecule has 22 heavy (non-hydrogen) atoms. The Labute approximate surface area is 128 Å². The minimum absolute atomic E-state index is 0.0179. The van der Waals surface area contributed by atoms with Crippen molar-refractivity contribution < 1.29 is 13.9 Å². The van der Waals surface area contributed by atoms with Crippen molar-refractivity contribution in [1.29, 1.82) is 0 Å². The van der Waals surface area contributed by atoms with E-state index >= 15 is 0 Å². The van der Waals surface area contributed by atoms with E-state index in [0.29, 0.717) is 36.4 Å². The second-order valence-corrected chi connectivity index (χ2v) is 5.26. The summed E-state index contributed by atoms with van der Waals surface area (Å²) in [7, 11) is 0. The molecule has 0 fully saturated rings. The Kier molecular flexibility index (Phi) is 4.04. The van der Waals surface area contributed by atoms with E-state index in [2.05, 4.69) is 10.3 Å². The first-order chi connectivity index (χ1) is 10.7. The Morgan fingerprint density at radius 3 is 3.05 bits per heavy atom. The van der Waals surface area contributed by atoms with Gasteiger partial charge in [-0.05, 0) is 24.3 Å². The molecule has 5 heteroatoms. The van der Waals surface area contributed by atoms with Crippen LogP contribution in [0.4, 0.5) is 4.39 Å². The number of nitrogens with zero attached hydrogens (tertiary/aromatic N) is 1. The van der Waals surface area contributed by atoms with Crippen molar-refractivity contribution in [2.24, 2.45) is 0 Å². The van der Waals surface area contributed by atoms with Crippen molar-refractivity contribution in [3.63, 3.8) is 0 Å². The molecule has 3 rings (SSSR count). The summed E-state index contributed by atoms with van der Waals surface area (Å²) in [5, 5.41) is 2.81. The van der Waals surface area contributed by atoms with Gasteiger partial charge in [-0.15, -0.1) is 0 Å². The topological polar surface area (TPSA) is 51.2 Å². The molecule has 0 radical (unpaired) electrons. The van der Waals surface area contributed by atoms with Gasteiger partial charge >= 0.3 is 0 Å². The van der Waals surface area contributed by atoms with E-state index < -0.39 is 0 Å². The van der Waals surface area contributed by atoms with Gasteiger partial charge in [0.15, 0.2) is 0 Å². The molecule has 0 spiro atoms. The Morgan fingerprint density at radius 1 is 1.45 bits per heavy atom. The van der Waals surface area contributed by atoms with Gasteiger partial charge in [0.05, 0.1) is 12.2 Å². The number of benzene rings is 1. The zero-order valence-electron chi connectivity index (χ0n) is 12.3. The highest BCUT2D eigenvalue weighted by atomic mass is 19.1. The second-order valence-electron chi connectivity index (χ2n) is 5.26. The standard InChI is InChI=1S/C17H17FN2O2/c1-2-16(21)20-10-13-8-11-7-12(18)9-14(17(11)22-13)15-5-3-4-6-19-15/h3-7,9,13H,2,8,10H2,1H3,(H,20,21)/t13-/m0/s1. The number of halogens is 1. The summed E-state index contributed by atoms with van der Waals surface area (Å²) in [6, 6.07) is 8.42. The van der Waals surface area contributed by atoms with Crippen molar-refractivity contribution in [1.82, 2.24) is 10.3 Å². The fourth-order valence-corrected chi connectivity index (χ4v) is 2.57. The van der Waals surface area contributed by atoms with Crippen molar-refractivity contribution in [2.75, 3.05) is 6.54 Å². The average Bonchev–Trinajstić information content (AvgIpc) is 2.95. The summed E-state index contributed by atoms with van der Waals surface area (Å²) in [5.74, 6) is 0.341. The predicted molar refractivity (Wildman–Crippen MR) is 81.1 cm³/mol. The zero-order valence-corrected chi connectivity index (χ0v) is 12.3. The normalized spacial score (nSPS) is 16.0. The summed E-state index contributed by atoms with van der Waals surface area (Å²) >= 11 is 0. The molecule has 0 bridgehead atoms. The molecule has 2 heterocycles. The number of nitrogens with one attached hydrogen (secondary N) is 1. The molecule has 1 aliphatic rings. The molecule has 114 valence electrons. The van der Waals surface area contributed by atoms with Crippen LogP contribution in [0.5, 0.6) is 5.75 Å². The van der Waals surface area contributed by atoms with Crippen LogP contribution >= 0.6 is 0 Å². The summed E-state index contributed by atoms with van der Waals surface area (Å²) in [6.45, 7) is 2.22. The Balaban J connectivity index is 1.85. The first-order valence-electron chi connectivity index (χ1n) is 7.34. The Bertz CT molecular complexity index is 689. The van der Waals surface area contributed by atoms with Gasteiger partial charge in [0, 0.05) is 30.2 Å². The largest absolute Gasteiger partial charge is 0.487 e. The molecular formula is C17H17FN2O2. The molecule has 1 amide bonds. The maximum atomic E-state index is 13.9. The first-order valence-corrected chi connectivity index (χ1v) is 7.34. The molecule has 0 aliphatic carbocycles. The van der Waals surface area contributed by atoms with Crippen molar-refractivity contribution >= 4 is 5.91 Å². The number of rotatable bonds is 4. The predicted octanol–water partition coefficient (Wildman–Crippen LogP) is 2.72. The van der Waals surface area contributed by atoms with Gasteiger partial charge < -0.3 is 10.1 Å². The third-order valence-electron chi connectivity index (χ3n) is 3.65. The lowest BCUT2D eigenvalue weighted by molar-refractivity contribution is -0.121. The van der Waals surface area contributed by atoms with Crippen molar-refractivity contribution in [3.05, 3.63) is 47.9 Å². The van der Waals surface area contributed by atoms with Gasteiger partial charge in [-0.25, -0.2) is 4.39 Å². The first kappa shape index (κ1) is 14.5. The van der Waals surface area contributed by atoms with Crippen LogP contribution in [0.1, 0.15) is 18.9 Å². The lowest BCUT2D eigenvalue weighted by atomic mass is 10.0. The monoisotopic (exact) mass is 300 g/mol. The molecule has 1 aromatic heterocycles. The number of carbonyl (C=O) groups excluding carboxylic acids is 1. The molecule has 1 aromatic carbocycles. The van der Waals surface area contributed by atoms with E-state index in [1.807, 2.05) is 18.2 Å². The van der Waals surface area contributed by atoms with Crippen LogP contribution in [0.25, 0.3) is 11.3 Å². The van der Waals surface area contributed by atoms with Gasteiger partial charge in [-0.1, -0.05) is 13.0 Å². The fraction of sp³-hybridized carbons (Fsp3) is 0.294. The molecule has 0 saturated carbocycles. The molecule has 4 nitrogen and oxygen atoms in total. The van der Waals surface area contributed by atoms with Crippen LogP contribution in [0, 0.1) is 5.82 Å². The summed E-state index contributed by atoms with van der Waals surface area (Å²) < 4.78 is 19.8. The molecule has 0 unspecified atom stereocenters. The van der Waals surface area contributed by atoms with E-state index in [0.717, 1.165) is 5.56 Å². The van der Waals surface area contributed by atoms with Crippen LogP contribution in [-0.4, -0.2) is 23.5 Å². The number of fused-ring (bicyclic) bond motifs is 1. The fourth-order valence-electron chi connectivity index (χ4n) is 2.57. The highest BCUT2D eigenvalue weighted by Crippen LogP contribution is 2.38. The van der Waals surface area contributed by atoms with Gasteiger partial charge in [-0.3, -0.25) is 9.78 Å². The SMILES string of the molecule is CCC(=O)NC[C@@H]1Cc2cc(F)cc(-c3ccccn3)c2O1. The third-order valence-corrected chi connectivity index (χ3v) is 3.65. The van der Waals surface area contributed by atoms with Crippen molar-refractivity contribution in [2.45, 2.75) is 25.9 Å². The van der Waals surface area contributed by atoms with Gasteiger partial charge in [-0.2, -0.15) is 0 Å². The molecule has 0 saturated heterocycles. The van der Waals surface area contributed by atoms with Gasteiger partial charge in [0.1, 0.15) is 17.7 Å². The number of carbonyl (C=O) groups is 1. The second kappa shape index (κ2) is 6.13. The van der Waals surface area contributed by atoms with Crippen LogP contribution in [0.3, 0.4) is 0 Å². The Hall–Kier alpha value is -2.43. The smallest absolute Gasteiger partial charge is 0.219 e. The van der Waals surface area contributed by atoms with Gasteiger partial charge in [0.25, 0.3) is 0 Å². The van der Waals surface area contributed by atoms with Crippen LogP contribution in [0.2, 0.25) is 0 Å². The minimum atomic E-state index is -0.304. The number of hydrogen-bond acceptors (Lipinski definition) is 3. The lowest BCUT2D eigenvalue weighted by Crippen LogP contribution is -2.33. The maximum Gasteiger partial charge on any atom is 0.219 e. The van der Waals surface area contributed by atoms with E-state index in [1.165, 1.54) is 12.1 Å². The number of aromatic nitrogens is 1. The third kappa shape index (κ3) is 2.93. The maximum absolute atomic E-state index is 13.9. The zero-order chi connectivity index (χ0) is 15.5. The van der Waals surface area contributed by atoms with Crippen LogP contribution in [-0.2, 0) is 11.2 Å². The van der Waals surface area contributed by atoms with E-state index in [-0.39, 0.29) is 17.8 Å². The highest BCUT2D eigenvalue weighted by Gasteiger charge is 2.27. The van der Waals surface area contributed by atoms with Crippen molar-refractivity contribution in [3.8, 4) is 17.0 Å². The molecular weight excluding hydrogens is 283 g/mol. The molecule has 1 N–H and O–H groups in total. The molecule has 1 aliphatic heterocycles. The summed E-state index contributed by atoms with van der Waals surface area (Å²) in [4.78, 5) is 15.6. The summed E-state index contributed by atoms with van der Waals surface area (Å²) in [6.07, 6.45) is 2.51. The average molecular weight is 300 g/mol.